The molecule has 0 aromatic heterocycles. The van der Waals surface area contributed by atoms with Crippen LogP contribution < -0.4 is 15.8 Å². The summed E-state index contributed by atoms with van der Waals surface area (Å²) < 4.78 is 9.98. The van der Waals surface area contributed by atoms with E-state index in [2.05, 4.69) is 10.1 Å². The monoisotopic (exact) mass is 342 g/mol. The number of esters is 1. The van der Waals surface area contributed by atoms with Gasteiger partial charge >= 0.3 is 5.97 Å². The van der Waals surface area contributed by atoms with Crippen LogP contribution in [0.25, 0.3) is 0 Å². The smallest absolute Gasteiger partial charge is 0.308 e. The van der Waals surface area contributed by atoms with Crippen LogP contribution in [0.15, 0.2) is 54.6 Å². The fraction of sp³-hybridized carbons (Fsp3) is 0.263. The first-order valence-electron chi connectivity index (χ1n) is 7.89. The highest BCUT2D eigenvalue weighted by atomic mass is 16.5. The summed E-state index contributed by atoms with van der Waals surface area (Å²) in [6, 6.07) is 16.0. The SMILES string of the molecule is COC(=O)CCOc1ccc(NC(=O)C(C)(N)c2ccccc2)cc1. The van der Waals surface area contributed by atoms with E-state index in [0.29, 0.717) is 11.4 Å². The van der Waals surface area contributed by atoms with Crippen molar-refractivity contribution in [3.8, 4) is 5.75 Å². The van der Waals surface area contributed by atoms with Crippen molar-refractivity contribution in [3.63, 3.8) is 0 Å². The molecule has 6 nitrogen and oxygen atoms in total. The number of ether oxygens (including phenoxy) is 2. The molecular weight excluding hydrogens is 320 g/mol. The minimum absolute atomic E-state index is 0.178. The van der Waals surface area contributed by atoms with E-state index in [4.69, 9.17) is 10.5 Å². The minimum atomic E-state index is -1.14. The van der Waals surface area contributed by atoms with E-state index in [9.17, 15) is 9.59 Å². The normalized spacial score (nSPS) is 12.8. The van der Waals surface area contributed by atoms with Crippen molar-refractivity contribution in [2.75, 3.05) is 19.0 Å². The lowest BCUT2D eigenvalue weighted by Gasteiger charge is -2.24. The number of methoxy groups -OCH3 is 1. The van der Waals surface area contributed by atoms with Crippen LogP contribution in [0.1, 0.15) is 18.9 Å². The Hall–Kier alpha value is -2.86. The number of hydrogen-bond acceptors (Lipinski definition) is 5. The predicted octanol–water partition coefficient (Wildman–Crippen LogP) is 2.44. The third-order valence-corrected chi connectivity index (χ3v) is 3.76. The second-order valence-electron chi connectivity index (χ2n) is 5.72. The Morgan fingerprint density at radius 1 is 1.08 bits per heavy atom. The third-order valence-electron chi connectivity index (χ3n) is 3.76. The zero-order chi connectivity index (χ0) is 18.3. The van der Waals surface area contributed by atoms with Crippen LogP contribution in [0, 0.1) is 0 Å². The Balaban J connectivity index is 1.94. The fourth-order valence-electron chi connectivity index (χ4n) is 2.17. The summed E-state index contributed by atoms with van der Waals surface area (Å²) in [4.78, 5) is 23.5. The summed E-state index contributed by atoms with van der Waals surface area (Å²) in [7, 11) is 1.33. The Bertz CT molecular complexity index is 712. The van der Waals surface area contributed by atoms with Crippen LogP contribution >= 0.6 is 0 Å². The summed E-state index contributed by atoms with van der Waals surface area (Å²) in [6.07, 6.45) is 0.178. The lowest BCUT2D eigenvalue weighted by molar-refractivity contribution is -0.141. The molecule has 0 heterocycles. The first kappa shape index (κ1) is 18.5. The van der Waals surface area contributed by atoms with E-state index in [1.807, 2.05) is 30.3 Å². The molecule has 0 fully saturated rings. The van der Waals surface area contributed by atoms with E-state index < -0.39 is 5.54 Å². The molecule has 0 saturated heterocycles. The van der Waals surface area contributed by atoms with Gasteiger partial charge in [0.2, 0.25) is 5.91 Å². The van der Waals surface area contributed by atoms with E-state index in [-0.39, 0.29) is 24.9 Å². The number of amides is 1. The van der Waals surface area contributed by atoms with Gasteiger partial charge in [-0.3, -0.25) is 9.59 Å². The molecule has 0 bridgehead atoms. The number of carbonyl (C=O) groups excluding carboxylic acids is 2. The van der Waals surface area contributed by atoms with E-state index in [1.165, 1.54) is 7.11 Å². The van der Waals surface area contributed by atoms with Crippen LogP contribution in [0.3, 0.4) is 0 Å². The molecule has 0 aliphatic carbocycles. The molecule has 3 N–H and O–H groups in total. The van der Waals surface area contributed by atoms with E-state index >= 15 is 0 Å². The Morgan fingerprint density at radius 2 is 1.72 bits per heavy atom. The number of anilines is 1. The zero-order valence-electron chi connectivity index (χ0n) is 14.3. The van der Waals surface area contributed by atoms with Crippen LogP contribution in [0.2, 0.25) is 0 Å². The van der Waals surface area contributed by atoms with Gasteiger partial charge < -0.3 is 20.5 Å². The molecule has 0 saturated carbocycles. The minimum Gasteiger partial charge on any atom is -0.493 e. The van der Waals surface area contributed by atoms with Gasteiger partial charge in [-0.2, -0.15) is 0 Å². The molecule has 1 atom stereocenters. The maximum atomic E-state index is 12.5. The summed E-state index contributed by atoms with van der Waals surface area (Å²) >= 11 is 0. The quantitative estimate of drug-likeness (QED) is 0.754. The predicted molar refractivity (Wildman–Crippen MR) is 95.2 cm³/mol. The van der Waals surface area contributed by atoms with E-state index in [1.54, 1.807) is 31.2 Å². The highest BCUT2D eigenvalue weighted by Gasteiger charge is 2.30. The Kier molecular flexibility index (Phi) is 6.14. The molecule has 2 aromatic rings. The lowest BCUT2D eigenvalue weighted by atomic mass is 9.92. The van der Waals surface area contributed by atoms with Crippen LogP contribution in [0.4, 0.5) is 5.69 Å². The number of hydrogen-bond donors (Lipinski definition) is 2. The molecule has 0 radical (unpaired) electrons. The maximum Gasteiger partial charge on any atom is 0.308 e. The van der Waals surface area contributed by atoms with Gasteiger partial charge in [-0.1, -0.05) is 30.3 Å². The van der Waals surface area contributed by atoms with Gasteiger partial charge in [0, 0.05) is 5.69 Å². The highest BCUT2D eigenvalue weighted by molar-refractivity contribution is 5.98. The summed E-state index contributed by atoms with van der Waals surface area (Å²) in [6.45, 7) is 1.90. The lowest BCUT2D eigenvalue weighted by Crippen LogP contribution is -2.45. The van der Waals surface area contributed by atoms with Gasteiger partial charge in [0.15, 0.2) is 0 Å². The topological polar surface area (TPSA) is 90.6 Å². The van der Waals surface area contributed by atoms with Crippen molar-refractivity contribution in [3.05, 3.63) is 60.2 Å². The largest absolute Gasteiger partial charge is 0.493 e. The van der Waals surface area contributed by atoms with Gasteiger partial charge in [-0.15, -0.1) is 0 Å². The molecule has 2 rings (SSSR count). The number of nitrogens with two attached hydrogens (primary N) is 1. The Labute approximate surface area is 146 Å². The van der Waals surface area contributed by atoms with Gasteiger partial charge in [0.05, 0.1) is 20.1 Å². The van der Waals surface area contributed by atoms with Gasteiger partial charge in [0.25, 0.3) is 0 Å². The molecule has 0 aliphatic heterocycles. The second kappa shape index (κ2) is 8.30. The standard InChI is InChI=1S/C19H22N2O4/c1-19(20,14-6-4-3-5-7-14)18(23)21-15-8-10-16(11-9-15)25-13-12-17(22)24-2/h3-11H,12-13,20H2,1-2H3,(H,21,23). The average molecular weight is 342 g/mol. The van der Waals surface area contributed by atoms with Gasteiger partial charge in [-0.25, -0.2) is 0 Å². The summed E-state index contributed by atoms with van der Waals surface area (Å²) in [5.41, 5.74) is 6.39. The molecule has 132 valence electrons. The van der Waals surface area contributed by atoms with Crippen molar-refractivity contribution >= 4 is 17.6 Å². The molecule has 6 heteroatoms. The summed E-state index contributed by atoms with van der Waals surface area (Å²) in [5.74, 6) is -0.0365. The van der Waals surface area contributed by atoms with Crippen LogP contribution in [-0.2, 0) is 19.9 Å². The summed E-state index contributed by atoms with van der Waals surface area (Å²) in [5, 5.41) is 2.80. The molecular formula is C19H22N2O4. The van der Waals surface area contributed by atoms with Crippen molar-refractivity contribution in [2.45, 2.75) is 18.9 Å². The molecule has 0 aliphatic rings. The number of benzene rings is 2. The van der Waals surface area contributed by atoms with Gasteiger partial charge in [0.1, 0.15) is 11.3 Å². The number of nitrogens with one attached hydrogen (secondary N) is 1. The second-order valence-corrected chi connectivity index (χ2v) is 5.72. The molecule has 2 aromatic carbocycles. The molecule has 1 unspecified atom stereocenters. The van der Waals surface area contributed by atoms with Crippen LogP contribution in [0.5, 0.6) is 5.75 Å². The van der Waals surface area contributed by atoms with Crippen molar-refractivity contribution in [1.29, 1.82) is 0 Å². The third kappa shape index (κ3) is 5.06. The van der Waals surface area contributed by atoms with E-state index in [0.717, 1.165) is 5.56 Å². The van der Waals surface area contributed by atoms with Crippen molar-refractivity contribution in [2.24, 2.45) is 5.73 Å². The number of carbonyl (C=O) groups is 2. The highest BCUT2D eigenvalue weighted by Crippen LogP contribution is 2.21. The zero-order valence-corrected chi connectivity index (χ0v) is 14.3. The van der Waals surface area contributed by atoms with Crippen molar-refractivity contribution in [1.82, 2.24) is 0 Å². The Morgan fingerprint density at radius 3 is 2.32 bits per heavy atom. The molecule has 0 spiro atoms. The maximum absolute atomic E-state index is 12.5. The van der Waals surface area contributed by atoms with Gasteiger partial charge in [-0.05, 0) is 36.8 Å². The fourth-order valence-corrected chi connectivity index (χ4v) is 2.17. The average Bonchev–Trinajstić information content (AvgIpc) is 2.63. The van der Waals surface area contributed by atoms with Crippen LogP contribution in [-0.4, -0.2) is 25.6 Å². The first-order chi connectivity index (χ1) is 11.9. The number of rotatable bonds is 7. The molecule has 25 heavy (non-hydrogen) atoms. The van der Waals surface area contributed by atoms with Crippen molar-refractivity contribution < 1.29 is 19.1 Å². The molecule has 1 amide bonds. The first-order valence-corrected chi connectivity index (χ1v) is 7.89.